The van der Waals surface area contributed by atoms with Crippen LogP contribution in [0, 0.1) is 5.92 Å². The highest BCUT2D eigenvalue weighted by atomic mass is 32.1. The van der Waals surface area contributed by atoms with Crippen molar-refractivity contribution in [2.75, 3.05) is 24.5 Å². The van der Waals surface area contributed by atoms with E-state index in [-0.39, 0.29) is 36.2 Å². The fourth-order valence-electron chi connectivity index (χ4n) is 6.04. The first-order chi connectivity index (χ1) is 18.5. The van der Waals surface area contributed by atoms with Gasteiger partial charge in [0.05, 0.1) is 35.0 Å². The highest BCUT2D eigenvalue weighted by Gasteiger charge is 2.40. The molecule has 2 saturated heterocycles. The lowest BCUT2D eigenvalue weighted by Gasteiger charge is -2.40. The van der Waals surface area contributed by atoms with Crippen LogP contribution in [0.25, 0.3) is 11.3 Å². The van der Waals surface area contributed by atoms with Gasteiger partial charge in [0.2, 0.25) is 5.91 Å². The maximum absolute atomic E-state index is 13.6. The van der Waals surface area contributed by atoms with Crippen LogP contribution >= 0.6 is 11.3 Å². The van der Waals surface area contributed by atoms with Crippen LogP contribution in [0.15, 0.2) is 53.9 Å². The monoisotopic (exact) mass is 528 g/mol. The van der Waals surface area contributed by atoms with Crippen LogP contribution in [0.5, 0.6) is 0 Å². The second-order valence-electron chi connectivity index (χ2n) is 10.6. The number of hydrogen-bond donors (Lipinski definition) is 0. The number of piperidine rings is 2. The number of carbonyl (C=O) groups is 3. The number of imide groups is 1. The lowest BCUT2D eigenvalue weighted by Crippen LogP contribution is -2.49. The van der Waals surface area contributed by atoms with Crippen molar-refractivity contribution >= 4 is 34.7 Å². The summed E-state index contributed by atoms with van der Waals surface area (Å²) in [5.41, 5.74) is 3.50. The van der Waals surface area contributed by atoms with Crippen molar-refractivity contribution in [2.45, 2.75) is 51.6 Å². The molecule has 38 heavy (non-hydrogen) atoms. The lowest BCUT2D eigenvalue weighted by atomic mass is 9.93. The van der Waals surface area contributed by atoms with Gasteiger partial charge in [0.1, 0.15) is 5.01 Å². The minimum Gasteiger partial charge on any atom is -0.370 e. The van der Waals surface area contributed by atoms with E-state index in [4.69, 9.17) is 0 Å². The number of fused-ring (bicyclic) bond motifs is 1. The summed E-state index contributed by atoms with van der Waals surface area (Å²) in [5.74, 6) is -0.419. The molecular formula is C30H32N4O3S. The van der Waals surface area contributed by atoms with E-state index in [9.17, 15) is 14.4 Å². The molecule has 4 heterocycles. The van der Waals surface area contributed by atoms with Crippen LogP contribution in [-0.2, 0) is 11.3 Å². The molecule has 0 radical (unpaired) electrons. The van der Waals surface area contributed by atoms with Gasteiger partial charge in [0.15, 0.2) is 0 Å². The molecule has 3 amide bonds. The van der Waals surface area contributed by atoms with Gasteiger partial charge in [0.25, 0.3) is 11.8 Å². The van der Waals surface area contributed by atoms with E-state index < -0.39 is 0 Å². The van der Waals surface area contributed by atoms with Gasteiger partial charge in [-0.3, -0.25) is 19.3 Å². The van der Waals surface area contributed by atoms with Crippen molar-refractivity contribution in [1.82, 2.24) is 14.8 Å². The third-order valence-corrected chi connectivity index (χ3v) is 8.92. The number of hydrogen-bond acceptors (Lipinski definition) is 6. The molecule has 2 aromatic carbocycles. The molecule has 6 rings (SSSR count). The van der Waals surface area contributed by atoms with Crippen LogP contribution in [0.2, 0.25) is 0 Å². The van der Waals surface area contributed by atoms with Gasteiger partial charge >= 0.3 is 0 Å². The van der Waals surface area contributed by atoms with Gasteiger partial charge in [-0.25, -0.2) is 4.98 Å². The molecule has 0 aliphatic carbocycles. The molecule has 3 aliphatic heterocycles. The van der Waals surface area contributed by atoms with Crippen molar-refractivity contribution in [3.63, 3.8) is 0 Å². The number of likely N-dealkylation sites (tertiary alicyclic amines) is 1. The van der Waals surface area contributed by atoms with Crippen LogP contribution in [0.1, 0.15) is 64.8 Å². The first kappa shape index (κ1) is 24.8. The Kier molecular flexibility index (Phi) is 6.74. The van der Waals surface area contributed by atoms with Crippen LogP contribution < -0.4 is 4.90 Å². The summed E-state index contributed by atoms with van der Waals surface area (Å²) < 4.78 is 0. The number of amides is 3. The van der Waals surface area contributed by atoms with E-state index in [0.717, 1.165) is 60.7 Å². The summed E-state index contributed by atoms with van der Waals surface area (Å²) in [5, 5.41) is 2.68. The summed E-state index contributed by atoms with van der Waals surface area (Å²) >= 11 is 1.45. The molecule has 8 heteroatoms. The van der Waals surface area contributed by atoms with E-state index in [2.05, 4.69) is 21.7 Å². The number of aromatic nitrogens is 1. The molecular weight excluding hydrogens is 496 g/mol. The van der Waals surface area contributed by atoms with Crippen LogP contribution in [0.4, 0.5) is 5.69 Å². The van der Waals surface area contributed by atoms with Crippen molar-refractivity contribution < 1.29 is 14.4 Å². The molecule has 0 spiro atoms. The Morgan fingerprint density at radius 1 is 0.974 bits per heavy atom. The molecule has 0 bridgehead atoms. The third-order valence-electron chi connectivity index (χ3n) is 8.09. The number of thiazole rings is 1. The molecule has 7 nitrogen and oxygen atoms in total. The summed E-state index contributed by atoms with van der Waals surface area (Å²) in [4.78, 5) is 50.6. The quantitative estimate of drug-likeness (QED) is 0.425. The van der Waals surface area contributed by atoms with E-state index in [1.165, 1.54) is 22.7 Å². The Hall–Kier alpha value is -3.52. The third kappa shape index (κ3) is 4.51. The van der Waals surface area contributed by atoms with E-state index in [1.807, 2.05) is 47.8 Å². The highest BCUT2D eigenvalue weighted by molar-refractivity contribution is 7.10. The first-order valence-corrected chi connectivity index (χ1v) is 14.4. The Morgan fingerprint density at radius 2 is 1.82 bits per heavy atom. The largest absolute Gasteiger partial charge is 0.370 e. The number of carbonyl (C=O) groups excluding carboxylic acids is 3. The summed E-state index contributed by atoms with van der Waals surface area (Å²) in [6.45, 7) is 4.47. The Labute approximate surface area is 227 Å². The van der Waals surface area contributed by atoms with Crippen molar-refractivity contribution in [3.05, 3.63) is 70.0 Å². The van der Waals surface area contributed by atoms with Gasteiger partial charge in [-0.2, -0.15) is 0 Å². The fourth-order valence-corrected chi connectivity index (χ4v) is 6.83. The molecule has 0 N–H and O–H groups in total. The molecule has 3 aromatic rings. The lowest BCUT2D eigenvalue weighted by molar-refractivity contribution is -0.139. The first-order valence-electron chi connectivity index (χ1n) is 13.6. The fraction of sp³-hybridized carbons (Fsp3) is 0.400. The van der Waals surface area contributed by atoms with Gasteiger partial charge < -0.3 is 9.80 Å². The number of nitrogens with zero attached hydrogens (tertiary/aromatic N) is 4. The number of benzene rings is 2. The van der Waals surface area contributed by atoms with E-state index in [1.54, 1.807) is 6.07 Å². The zero-order valence-corrected chi connectivity index (χ0v) is 22.5. The van der Waals surface area contributed by atoms with Crippen LogP contribution in [-0.4, -0.2) is 58.2 Å². The van der Waals surface area contributed by atoms with E-state index >= 15 is 0 Å². The minimum atomic E-state index is -0.282. The van der Waals surface area contributed by atoms with Crippen molar-refractivity contribution in [3.8, 4) is 11.3 Å². The second-order valence-corrected chi connectivity index (χ2v) is 11.5. The molecule has 196 valence electrons. The van der Waals surface area contributed by atoms with E-state index in [0.29, 0.717) is 17.7 Å². The molecule has 2 atom stereocenters. The molecule has 1 aromatic heterocycles. The summed E-state index contributed by atoms with van der Waals surface area (Å²) in [6.07, 6.45) is 5.05. The standard InChI is InChI=1S/C30H32N4O3S/c1-20-9-5-6-16-33(20)28(35)22-12-8-15-32(17-22)25-14-7-13-23-27(25)30(37)34(29(23)36)18-26-31-24(19-38-26)21-10-3-2-4-11-21/h2-4,7,10-11,13-14,19-20,22H,5-6,8-9,12,15-18H2,1H3. The summed E-state index contributed by atoms with van der Waals surface area (Å²) in [6, 6.07) is 15.7. The minimum absolute atomic E-state index is 0.0878. The SMILES string of the molecule is CC1CCCCN1C(=O)C1CCCN(c2cccc3c2C(=O)N(Cc2nc(-c4ccccc4)cs2)C3=O)C1. The van der Waals surface area contributed by atoms with Gasteiger partial charge in [0, 0.05) is 36.6 Å². The zero-order chi connectivity index (χ0) is 26.2. The normalized spacial score (nSPS) is 21.7. The Balaban J connectivity index is 1.21. The summed E-state index contributed by atoms with van der Waals surface area (Å²) in [7, 11) is 0. The Bertz CT molecular complexity index is 1370. The van der Waals surface area contributed by atoms with Gasteiger partial charge in [-0.05, 0) is 51.2 Å². The topological polar surface area (TPSA) is 73.8 Å². The molecule has 0 saturated carbocycles. The average molecular weight is 529 g/mol. The predicted molar refractivity (Wildman–Crippen MR) is 148 cm³/mol. The average Bonchev–Trinajstić information content (AvgIpc) is 3.52. The van der Waals surface area contributed by atoms with Crippen LogP contribution in [0.3, 0.4) is 0 Å². The zero-order valence-electron chi connectivity index (χ0n) is 21.6. The van der Waals surface area contributed by atoms with Crippen molar-refractivity contribution in [1.29, 1.82) is 0 Å². The number of anilines is 1. The molecule has 3 aliphatic rings. The maximum atomic E-state index is 13.6. The smallest absolute Gasteiger partial charge is 0.264 e. The van der Waals surface area contributed by atoms with Gasteiger partial charge in [-0.1, -0.05) is 36.4 Å². The van der Waals surface area contributed by atoms with Crippen molar-refractivity contribution in [2.24, 2.45) is 5.92 Å². The molecule has 2 fully saturated rings. The van der Waals surface area contributed by atoms with Gasteiger partial charge in [-0.15, -0.1) is 11.3 Å². The predicted octanol–water partition coefficient (Wildman–Crippen LogP) is 5.22. The second kappa shape index (κ2) is 10.3. The maximum Gasteiger partial charge on any atom is 0.264 e. The highest BCUT2D eigenvalue weighted by Crippen LogP contribution is 2.36. The molecule has 2 unspecified atom stereocenters. The number of rotatable bonds is 5. The Morgan fingerprint density at radius 3 is 2.63 bits per heavy atom.